The lowest BCUT2D eigenvalue weighted by Gasteiger charge is -2.26. The van der Waals surface area contributed by atoms with Gasteiger partial charge in [0.1, 0.15) is 5.37 Å². The zero-order chi connectivity index (χ0) is 18.9. The average Bonchev–Trinajstić information content (AvgIpc) is 3.04. The van der Waals surface area contributed by atoms with Gasteiger partial charge in [-0.15, -0.1) is 11.8 Å². The van der Waals surface area contributed by atoms with Crippen molar-refractivity contribution in [2.75, 3.05) is 17.6 Å². The summed E-state index contributed by atoms with van der Waals surface area (Å²) in [6.45, 7) is 4.47. The van der Waals surface area contributed by atoms with E-state index in [0.717, 1.165) is 28.5 Å². The molecule has 26 heavy (non-hydrogen) atoms. The fourth-order valence-electron chi connectivity index (χ4n) is 3.06. The fraction of sp³-hybridized carbons (Fsp3) is 0.316. The smallest absolute Gasteiger partial charge is 0.308 e. The van der Waals surface area contributed by atoms with E-state index in [4.69, 9.17) is 0 Å². The van der Waals surface area contributed by atoms with Crippen molar-refractivity contribution in [3.05, 3.63) is 64.7 Å². The third-order valence-electron chi connectivity index (χ3n) is 4.32. The summed E-state index contributed by atoms with van der Waals surface area (Å²) in [6.07, 6.45) is -4.52. The SMILES string of the molecule is Cc1ccc(C2SCCN2C(=O)Nc2ccccc2C(F)(F)F)c(C)c1. The van der Waals surface area contributed by atoms with Crippen molar-refractivity contribution in [3.63, 3.8) is 0 Å². The van der Waals surface area contributed by atoms with Crippen LogP contribution in [0.1, 0.15) is 27.6 Å². The highest BCUT2D eigenvalue weighted by atomic mass is 32.2. The van der Waals surface area contributed by atoms with Gasteiger partial charge in [-0.3, -0.25) is 0 Å². The van der Waals surface area contributed by atoms with Crippen molar-refractivity contribution in [3.8, 4) is 0 Å². The summed E-state index contributed by atoms with van der Waals surface area (Å²) in [5.41, 5.74) is 2.14. The number of anilines is 1. The molecule has 3 nitrogen and oxygen atoms in total. The van der Waals surface area contributed by atoms with Crippen LogP contribution < -0.4 is 5.32 Å². The summed E-state index contributed by atoms with van der Waals surface area (Å²) in [7, 11) is 0. The van der Waals surface area contributed by atoms with Crippen molar-refractivity contribution in [2.45, 2.75) is 25.4 Å². The summed E-state index contributed by atoms with van der Waals surface area (Å²) >= 11 is 1.62. The summed E-state index contributed by atoms with van der Waals surface area (Å²) < 4.78 is 39.4. The number of benzene rings is 2. The van der Waals surface area contributed by atoms with Gasteiger partial charge >= 0.3 is 12.2 Å². The minimum Gasteiger partial charge on any atom is -0.308 e. The number of halogens is 3. The van der Waals surface area contributed by atoms with Crippen LogP contribution in [0.15, 0.2) is 42.5 Å². The maximum atomic E-state index is 13.1. The van der Waals surface area contributed by atoms with E-state index < -0.39 is 17.8 Å². The third kappa shape index (κ3) is 3.82. The van der Waals surface area contributed by atoms with Crippen LogP contribution in [0.3, 0.4) is 0 Å². The van der Waals surface area contributed by atoms with Gasteiger partial charge in [-0.1, -0.05) is 35.9 Å². The molecule has 2 aromatic carbocycles. The minimum absolute atomic E-state index is 0.200. The topological polar surface area (TPSA) is 32.3 Å². The van der Waals surface area contributed by atoms with Crippen molar-refractivity contribution >= 4 is 23.5 Å². The number of alkyl halides is 3. The molecule has 0 bridgehead atoms. The minimum atomic E-state index is -4.52. The Balaban J connectivity index is 1.84. The van der Waals surface area contributed by atoms with Crippen LogP contribution in [-0.4, -0.2) is 23.2 Å². The zero-order valence-electron chi connectivity index (χ0n) is 14.4. The Hall–Kier alpha value is -2.15. The number of para-hydroxylation sites is 1. The monoisotopic (exact) mass is 380 g/mol. The molecular formula is C19H19F3N2OS. The third-order valence-corrected chi connectivity index (χ3v) is 5.56. The molecule has 0 saturated carbocycles. The first-order valence-electron chi connectivity index (χ1n) is 8.20. The first kappa shape index (κ1) is 18.6. The van der Waals surface area contributed by atoms with Crippen molar-refractivity contribution in [1.82, 2.24) is 4.90 Å². The summed E-state index contributed by atoms with van der Waals surface area (Å²) in [5.74, 6) is 0.742. The van der Waals surface area contributed by atoms with Crippen molar-refractivity contribution in [2.24, 2.45) is 0 Å². The highest BCUT2D eigenvalue weighted by molar-refractivity contribution is 7.99. The summed E-state index contributed by atoms with van der Waals surface area (Å²) in [6, 6.07) is 10.5. The molecular weight excluding hydrogens is 361 g/mol. The molecule has 1 saturated heterocycles. The molecule has 1 aliphatic rings. The van der Waals surface area contributed by atoms with Crippen LogP contribution in [0, 0.1) is 13.8 Å². The number of hydrogen-bond acceptors (Lipinski definition) is 2. The Labute approximate surface area is 154 Å². The number of thioether (sulfide) groups is 1. The highest BCUT2D eigenvalue weighted by Crippen LogP contribution is 2.40. The van der Waals surface area contributed by atoms with E-state index >= 15 is 0 Å². The lowest BCUT2D eigenvalue weighted by molar-refractivity contribution is -0.136. The van der Waals surface area contributed by atoms with Crippen molar-refractivity contribution in [1.29, 1.82) is 0 Å². The standard InChI is InChI=1S/C19H19F3N2OS/c1-12-7-8-14(13(2)11-12)17-24(9-10-26-17)18(25)23-16-6-4-3-5-15(16)19(20,21)22/h3-8,11,17H,9-10H2,1-2H3,(H,23,25). The van der Waals surface area contributed by atoms with Crippen LogP contribution in [0.4, 0.5) is 23.7 Å². The lowest BCUT2D eigenvalue weighted by atomic mass is 10.1. The molecule has 1 atom stereocenters. The van der Waals surface area contributed by atoms with Crippen molar-refractivity contribution < 1.29 is 18.0 Å². The van der Waals surface area contributed by atoms with E-state index in [2.05, 4.69) is 5.32 Å². The Morgan fingerprint density at radius 1 is 1.19 bits per heavy atom. The van der Waals surface area contributed by atoms with Crippen LogP contribution in [-0.2, 0) is 6.18 Å². The normalized spacial score (nSPS) is 17.4. The summed E-state index contributed by atoms with van der Waals surface area (Å²) in [4.78, 5) is 14.3. The maximum Gasteiger partial charge on any atom is 0.418 e. The number of nitrogens with zero attached hydrogens (tertiary/aromatic N) is 1. The molecule has 3 rings (SSSR count). The second-order valence-corrected chi connectivity index (χ2v) is 7.44. The second kappa shape index (κ2) is 7.23. The van der Waals surface area contributed by atoms with Crippen LogP contribution in [0.2, 0.25) is 0 Å². The Bertz CT molecular complexity index is 823. The molecule has 1 heterocycles. The van der Waals surface area contributed by atoms with E-state index in [1.807, 2.05) is 32.0 Å². The molecule has 1 N–H and O–H groups in total. The largest absolute Gasteiger partial charge is 0.418 e. The van der Waals surface area contributed by atoms with E-state index in [0.29, 0.717) is 6.54 Å². The molecule has 1 fully saturated rings. The fourth-order valence-corrected chi connectivity index (χ4v) is 4.42. The molecule has 2 aromatic rings. The molecule has 0 aromatic heterocycles. The number of hydrogen-bond donors (Lipinski definition) is 1. The number of nitrogens with one attached hydrogen (secondary N) is 1. The number of urea groups is 1. The molecule has 0 aliphatic carbocycles. The lowest BCUT2D eigenvalue weighted by Crippen LogP contribution is -2.35. The van der Waals surface area contributed by atoms with Crippen LogP contribution in [0.25, 0.3) is 0 Å². The number of amides is 2. The van der Waals surface area contributed by atoms with Gasteiger partial charge in [0.25, 0.3) is 0 Å². The Morgan fingerprint density at radius 2 is 1.92 bits per heavy atom. The van der Waals surface area contributed by atoms with Gasteiger partial charge in [-0.25, -0.2) is 4.79 Å². The second-order valence-electron chi connectivity index (χ2n) is 6.25. The molecule has 7 heteroatoms. The molecule has 1 aliphatic heterocycles. The van der Waals surface area contributed by atoms with Gasteiger partial charge in [0.15, 0.2) is 0 Å². The first-order chi connectivity index (χ1) is 12.3. The van der Waals surface area contributed by atoms with E-state index in [1.165, 1.54) is 18.2 Å². The number of carbonyl (C=O) groups is 1. The van der Waals surface area contributed by atoms with Gasteiger partial charge in [-0.05, 0) is 37.1 Å². The average molecular weight is 380 g/mol. The van der Waals surface area contributed by atoms with E-state index in [9.17, 15) is 18.0 Å². The first-order valence-corrected chi connectivity index (χ1v) is 9.25. The molecule has 0 spiro atoms. The van der Waals surface area contributed by atoms with E-state index in [-0.39, 0.29) is 11.1 Å². The van der Waals surface area contributed by atoms with Crippen LogP contribution in [0.5, 0.6) is 0 Å². The zero-order valence-corrected chi connectivity index (χ0v) is 15.2. The van der Waals surface area contributed by atoms with Gasteiger partial charge in [0.05, 0.1) is 11.3 Å². The highest BCUT2D eigenvalue weighted by Gasteiger charge is 2.36. The van der Waals surface area contributed by atoms with Gasteiger partial charge < -0.3 is 10.2 Å². The van der Waals surface area contributed by atoms with E-state index in [1.54, 1.807) is 16.7 Å². The quantitative estimate of drug-likeness (QED) is 0.735. The van der Waals surface area contributed by atoms with Gasteiger partial charge in [0.2, 0.25) is 0 Å². The van der Waals surface area contributed by atoms with Gasteiger partial charge in [0, 0.05) is 12.3 Å². The Morgan fingerprint density at radius 3 is 2.62 bits per heavy atom. The number of aryl methyl sites for hydroxylation is 2. The summed E-state index contributed by atoms with van der Waals surface area (Å²) in [5, 5.41) is 2.24. The molecule has 1 unspecified atom stereocenters. The predicted molar refractivity (Wildman–Crippen MR) is 98.3 cm³/mol. The predicted octanol–water partition coefficient (Wildman–Crippen LogP) is 5.60. The molecule has 0 radical (unpaired) electrons. The maximum absolute atomic E-state index is 13.1. The number of carbonyl (C=O) groups excluding carboxylic acids is 1. The molecule has 138 valence electrons. The molecule has 2 amide bonds. The number of rotatable bonds is 2. The Kier molecular flexibility index (Phi) is 5.18. The van der Waals surface area contributed by atoms with Gasteiger partial charge in [-0.2, -0.15) is 13.2 Å². The van der Waals surface area contributed by atoms with Crippen LogP contribution >= 0.6 is 11.8 Å².